The molecule has 2 aromatic carbocycles. The highest BCUT2D eigenvalue weighted by Gasteiger charge is 2.20. The minimum atomic E-state index is -0.242. The fourth-order valence-electron chi connectivity index (χ4n) is 3.88. The van der Waals surface area contributed by atoms with Gasteiger partial charge in [-0.3, -0.25) is 4.90 Å². The van der Waals surface area contributed by atoms with Crippen molar-refractivity contribution in [1.82, 2.24) is 4.90 Å². The first-order valence-corrected chi connectivity index (χ1v) is 9.74. The van der Waals surface area contributed by atoms with Crippen molar-refractivity contribution >= 4 is 5.97 Å². The van der Waals surface area contributed by atoms with Crippen molar-refractivity contribution in [3.63, 3.8) is 0 Å². The highest BCUT2D eigenvalue weighted by atomic mass is 16.5. The second kappa shape index (κ2) is 9.00. The van der Waals surface area contributed by atoms with Crippen molar-refractivity contribution < 1.29 is 9.53 Å². The smallest absolute Gasteiger partial charge is 0.338 e. The van der Waals surface area contributed by atoms with Gasteiger partial charge in [-0.05, 0) is 55.6 Å². The van der Waals surface area contributed by atoms with Crippen LogP contribution in [0.1, 0.15) is 54.9 Å². The van der Waals surface area contributed by atoms with E-state index in [-0.39, 0.29) is 5.97 Å². The lowest BCUT2D eigenvalue weighted by atomic mass is 9.93. The van der Waals surface area contributed by atoms with Gasteiger partial charge in [-0.25, -0.2) is 4.79 Å². The van der Waals surface area contributed by atoms with E-state index in [0.29, 0.717) is 18.2 Å². The summed E-state index contributed by atoms with van der Waals surface area (Å²) < 4.78 is 5.20. The standard InChI is InChI=1S/C23H29NO2/c1-3-26-23(25)19-14-15-22(18-10-6-4-7-11-18)20(16-19)17-24(2)21-12-8-5-9-13-21/h4,6-7,10-11,14-16,21H,3,5,8-9,12-13,17H2,1-2H3. The lowest BCUT2D eigenvalue weighted by molar-refractivity contribution is 0.0526. The number of hydrogen-bond donors (Lipinski definition) is 0. The summed E-state index contributed by atoms with van der Waals surface area (Å²) in [5.41, 5.74) is 4.21. The number of rotatable bonds is 6. The zero-order valence-corrected chi connectivity index (χ0v) is 15.9. The van der Waals surface area contributed by atoms with E-state index in [4.69, 9.17) is 4.74 Å². The van der Waals surface area contributed by atoms with E-state index in [1.165, 1.54) is 48.8 Å². The molecule has 3 rings (SSSR count). The maximum Gasteiger partial charge on any atom is 0.338 e. The lowest BCUT2D eigenvalue weighted by Gasteiger charge is -2.31. The van der Waals surface area contributed by atoms with Crippen molar-refractivity contribution in [1.29, 1.82) is 0 Å². The Balaban J connectivity index is 1.90. The molecule has 0 spiro atoms. The van der Waals surface area contributed by atoms with Gasteiger partial charge in [-0.15, -0.1) is 0 Å². The minimum absolute atomic E-state index is 0.242. The van der Waals surface area contributed by atoms with E-state index in [0.717, 1.165) is 6.54 Å². The van der Waals surface area contributed by atoms with Crippen LogP contribution in [0.4, 0.5) is 0 Å². The van der Waals surface area contributed by atoms with E-state index >= 15 is 0 Å². The topological polar surface area (TPSA) is 29.5 Å². The van der Waals surface area contributed by atoms with Crippen LogP contribution in [-0.4, -0.2) is 30.6 Å². The number of hydrogen-bond acceptors (Lipinski definition) is 3. The molecule has 0 atom stereocenters. The molecule has 1 fully saturated rings. The van der Waals surface area contributed by atoms with Gasteiger partial charge in [0.1, 0.15) is 0 Å². The fourth-order valence-corrected chi connectivity index (χ4v) is 3.88. The quantitative estimate of drug-likeness (QED) is 0.662. The molecule has 1 aliphatic rings. The molecule has 26 heavy (non-hydrogen) atoms. The van der Waals surface area contributed by atoms with Crippen molar-refractivity contribution in [2.45, 2.75) is 51.6 Å². The van der Waals surface area contributed by atoms with Crippen LogP contribution < -0.4 is 0 Å². The number of carbonyl (C=O) groups is 1. The number of nitrogens with zero attached hydrogens (tertiary/aromatic N) is 1. The maximum absolute atomic E-state index is 12.2. The van der Waals surface area contributed by atoms with Gasteiger partial charge in [0.2, 0.25) is 0 Å². The van der Waals surface area contributed by atoms with Gasteiger partial charge in [-0.2, -0.15) is 0 Å². The molecule has 0 radical (unpaired) electrons. The molecule has 0 bridgehead atoms. The number of benzene rings is 2. The predicted octanol–water partition coefficient (Wildman–Crippen LogP) is 5.29. The Morgan fingerprint density at radius 1 is 1.08 bits per heavy atom. The summed E-state index contributed by atoms with van der Waals surface area (Å²) in [4.78, 5) is 14.7. The van der Waals surface area contributed by atoms with E-state index in [1.807, 2.05) is 25.1 Å². The van der Waals surface area contributed by atoms with Crippen LogP contribution >= 0.6 is 0 Å². The fraction of sp³-hybridized carbons (Fsp3) is 0.435. The Morgan fingerprint density at radius 2 is 1.81 bits per heavy atom. The Labute approximate surface area is 157 Å². The van der Waals surface area contributed by atoms with Gasteiger partial charge in [0.25, 0.3) is 0 Å². The normalized spacial score (nSPS) is 15.2. The summed E-state index contributed by atoms with van der Waals surface area (Å²) in [7, 11) is 2.21. The molecular formula is C23H29NO2. The molecule has 0 unspecified atom stereocenters. The molecule has 0 N–H and O–H groups in total. The van der Waals surface area contributed by atoms with Gasteiger partial charge < -0.3 is 4.74 Å². The van der Waals surface area contributed by atoms with Gasteiger partial charge in [-0.1, -0.05) is 55.7 Å². The first kappa shape index (κ1) is 18.7. The van der Waals surface area contributed by atoms with E-state index in [9.17, 15) is 4.79 Å². The lowest BCUT2D eigenvalue weighted by Crippen LogP contribution is -2.33. The molecule has 3 heteroatoms. The van der Waals surface area contributed by atoms with Gasteiger partial charge >= 0.3 is 5.97 Å². The van der Waals surface area contributed by atoms with E-state index < -0.39 is 0 Å². The number of carbonyl (C=O) groups excluding carboxylic acids is 1. The minimum Gasteiger partial charge on any atom is -0.462 e. The molecule has 0 aromatic heterocycles. The van der Waals surface area contributed by atoms with Crippen molar-refractivity contribution in [3.05, 3.63) is 59.7 Å². The molecule has 0 saturated heterocycles. The Morgan fingerprint density at radius 3 is 2.50 bits per heavy atom. The number of esters is 1. The van der Waals surface area contributed by atoms with E-state index in [1.54, 1.807) is 0 Å². The molecule has 3 nitrogen and oxygen atoms in total. The third kappa shape index (κ3) is 4.53. The molecule has 138 valence electrons. The summed E-state index contributed by atoms with van der Waals surface area (Å²) in [6.07, 6.45) is 6.55. The van der Waals surface area contributed by atoms with Crippen LogP contribution in [0.25, 0.3) is 11.1 Å². The number of ether oxygens (including phenoxy) is 1. The zero-order chi connectivity index (χ0) is 18.4. The van der Waals surface area contributed by atoms with Crippen LogP contribution in [0.5, 0.6) is 0 Å². The molecule has 2 aromatic rings. The summed E-state index contributed by atoms with van der Waals surface area (Å²) in [6, 6.07) is 17.0. The second-order valence-electron chi connectivity index (χ2n) is 7.17. The second-order valence-corrected chi connectivity index (χ2v) is 7.17. The van der Waals surface area contributed by atoms with Crippen LogP contribution in [-0.2, 0) is 11.3 Å². The van der Waals surface area contributed by atoms with Gasteiger partial charge in [0.15, 0.2) is 0 Å². The van der Waals surface area contributed by atoms with Crippen LogP contribution in [0, 0.1) is 0 Å². The molecule has 1 aliphatic carbocycles. The molecule has 0 heterocycles. The van der Waals surface area contributed by atoms with Crippen molar-refractivity contribution in [2.75, 3.05) is 13.7 Å². The van der Waals surface area contributed by atoms with Crippen LogP contribution in [0.2, 0.25) is 0 Å². The molecular weight excluding hydrogens is 322 g/mol. The first-order valence-electron chi connectivity index (χ1n) is 9.74. The average Bonchev–Trinajstić information content (AvgIpc) is 2.69. The van der Waals surface area contributed by atoms with Crippen LogP contribution in [0.3, 0.4) is 0 Å². The van der Waals surface area contributed by atoms with Crippen LogP contribution in [0.15, 0.2) is 48.5 Å². The first-order chi connectivity index (χ1) is 12.7. The third-order valence-electron chi connectivity index (χ3n) is 5.32. The van der Waals surface area contributed by atoms with Crippen molar-refractivity contribution in [2.24, 2.45) is 0 Å². The predicted molar refractivity (Wildman–Crippen MR) is 106 cm³/mol. The Hall–Kier alpha value is -2.13. The highest BCUT2D eigenvalue weighted by Crippen LogP contribution is 2.28. The SMILES string of the molecule is CCOC(=O)c1ccc(-c2ccccc2)c(CN(C)C2CCCCC2)c1. The monoisotopic (exact) mass is 351 g/mol. The largest absolute Gasteiger partial charge is 0.462 e. The molecule has 1 saturated carbocycles. The van der Waals surface area contributed by atoms with E-state index in [2.05, 4.69) is 42.3 Å². The summed E-state index contributed by atoms with van der Waals surface area (Å²) in [5, 5.41) is 0. The summed E-state index contributed by atoms with van der Waals surface area (Å²) in [5.74, 6) is -0.242. The van der Waals surface area contributed by atoms with Gasteiger partial charge in [0.05, 0.1) is 12.2 Å². The zero-order valence-electron chi connectivity index (χ0n) is 15.9. The summed E-state index contributed by atoms with van der Waals surface area (Å²) in [6.45, 7) is 3.09. The Bertz CT molecular complexity index is 720. The molecule has 0 aliphatic heterocycles. The van der Waals surface area contributed by atoms with Crippen molar-refractivity contribution in [3.8, 4) is 11.1 Å². The Kier molecular flexibility index (Phi) is 6.45. The molecule has 0 amide bonds. The van der Waals surface area contributed by atoms with Gasteiger partial charge in [0, 0.05) is 12.6 Å². The summed E-state index contributed by atoms with van der Waals surface area (Å²) >= 11 is 0. The highest BCUT2D eigenvalue weighted by molar-refractivity contribution is 5.90. The average molecular weight is 351 g/mol. The third-order valence-corrected chi connectivity index (χ3v) is 5.32. The maximum atomic E-state index is 12.2.